The molecule has 19 heavy (non-hydrogen) atoms. The highest BCUT2D eigenvalue weighted by Crippen LogP contribution is 2.31. The summed E-state index contributed by atoms with van der Waals surface area (Å²) in [5.74, 6) is 0.840. The zero-order chi connectivity index (χ0) is 14.3. The summed E-state index contributed by atoms with van der Waals surface area (Å²) in [6, 6.07) is 0. The molecule has 1 rings (SSSR count). The molecule has 5 nitrogen and oxygen atoms in total. The number of carbonyl (C=O) groups excluding carboxylic acids is 1. The third-order valence-electron chi connectivity index (χ3n) is 3.93. The van der Waals surface area contributed by atoms with E-state index in [0.717, 1.165) is 25.7 Å². The quantitative estimate of drug-likeness (QED) is 0.712. The second kappa shape index (κ2) is 8.51. The number of methoxy groups -OCH3 is 1. The van der Waals surface area contributed by atoms with Gasteiger partial charge in [0.15, 0.2) is 0 Å². The van der Waals surface area contributed by atoms with Crippen LogP contribution in [0.4, 0.5) is 0 Å². The lowest BCUT2D eigenvalue weighted by molar-refractivity contribution is -0.137. The summed E-state index contributed by atoms with van der Waals surface area (Å²) in [7, 11) is 3.30. The average molecular weight is 272 g/mol. The van der Waals surface area contributed by atoms with E-state index in [1.807, 2.05) is 0 Å². The van der Waals surface area contributed by atoms with Crippen molar-refractivity contribution < 1.29 is 14.6 Å². The minimum Gasteiger partial charge on any atom is -0.389 e. The number of aliphatic hydroxyl groups excluding tert-OH is 1. The number of hydrogen-bond acceptors (Lipinski definition) is 4. The van der Waals surface area contributed by atoms with Crippen molar-refractivity contribution in [2.45, 2.75) is 38.2 Å². The number of nitrogens with zero attached hydrogens (tertiary/aromatic N) is 1. The molecule has 0 saturated heterocycles. The maximum atomic E-state index is 12.3. The summed E-state index contributed by atoms with van der Waals surface area (Å²) in [5.41, 5.74) is 5.60. The number of hydrogen-bond donors (Lipinski definition) is 2. The Hall–Kier alpha value is -0.650. The van der Waals surface area contributed by atoms with Gasteiger partial charge in [0.2, 0.25) is 5.91 Å². The van der Waals surface area contributed by atoms with Crippen LogP contribution < -0.4 is 5.73 Å². The molecule has 0 aromatic heterocycles. The third-order valence-corrected chi connectivity index (χ3v) is 3.93. The van der Waals surface area contributed by atoms with Gasteiger partial charge in [-0.25, -0.2) is 0 Å². The van der Waals surface area contributed by atoms with Gasteiger partial charge in [-0.05, 0) is 31.7 Å². The number of rotatable bonds is 7. The topological polar surface area (TPSA) is 75.8 Å². The molecule has 0 spiro atoms. The number of likely N-dealkylation sites (N-methyl/N-ethyl adjacent to an activating group) is 1. The number of carbonyl (C=O) groups is 1. The van der Waals surface area contributed by atoms with E-state index in [0.29, 0.717) is 19.0 Å². The number of aliphatic hydroxyl groups is 1. The van der Waals surface area contributed by atoms with Gasteiger partial charge in [0.1, 0.15) is 0 Å². The third kappa shape index (κ3) is 5.47. The lowest BCUT2D eigenvalue weighted by Crippen LogP contribution is -2.41. The first kappa shape index (κ1) is 16.4. The fourth-order valence-corrected chi connectivity index (χ4v) is 2.98. The summed E-state index contributed by atoms with van der Waals surface area (Å²) in [6.45, 7) is 1.30. The van der Waals surface area contributed by atoms with Gasteiger partial charge >= 0.3 is 0 Å². The molecule has 1 aliphatic carbocycles. The Labute approximate surface area is 116 Å². The van der Waals surface area contributed by atoms with Crippen LogP contribution in [0, 0.1) is 11.8 Å². The van der Waals surface area contributed by atoms with Crippen LogP contribution in [0.3, 0.4) is 0 Å². The zero-order valence-corrected chi connectivity index (χ0v) is 12.2. The van der Waals surface area contributed by atoms with Crippen LogP contribution in [-0.2, 0) is 9.53 Å². The van der Waals surface area contributed by atoms with E-state index in [4.69, 9.17) is 10.5 Å². The molecule has 1 aliphatic rings. The first-order valence-electron chi connectivity index (χ1n) is 7.20. The van der Waals surface area contributed by atoms with Gasteiger partial charge in [0, 0.05) is 26.6 Å². The van der Waals surface area contributed by atoms with Crippen molar-refractivity contribution in [3.05, 3.63) is 0 Å². The monoisotopic (exact) mass is 272 g/mol. The van der Waals surface area contributed by atoms with Crippen LogP contribution in [0.5, 0.6) is 0 Å². The SMILES string of the molecule is COCC(O)CN(C)C(=O)C1CCCC(CCN)C1. The van der Waals surface area contributed by atoms with E-state index in [9.17, 15) is 9.90 Å². The number of nitrogens with two attached hydrogens (primary N) is 1. The van der Waals surface area contributed by atoms with Gasteiger partial charge < -0.3 is 20.5 Å². The lowest BCUT2D eigenvalue weighted by Gasteiger charge is -2.31. The summed E-state index contributed by atoms with van der Waals surface area (Å²) in [5, 5.41) is 9.67. The minimum absolute atomic E-state index is 0.102. The summed E-state index contributed by atoms with van der Waals surface area (Å²) in [4.78, 5) is 14.0. The Morgan fingerprint density at radius 1 is 1.53 bits per heavy atom. The lowest BCUT2D eigenvalue weighted by atomic mass is 9.79. The Morgan fingerprint density at radius 2 is 2.26 bits per heavy atom. The molecule has 0 aromatic rings. The first-order valence-corrected chi connectivity index (χ1v) is 7.20. The van der Waals surface area contributed by atoms with Crippen molar-refractivity contribution in [1.82, 2.24) is 4.90 Å². The molecule has 5 heteroatoms. The van der Waals surface area contributed by atoms with Crippen LogP contribution in [0.2, 0.25) is 0 Å². The van der Waals surface area contributed by atoms with Crippen molar-refractivity contribution in [3.63, 3.8) is 0 Å². The maximum Gasteiger partial charge on any atom is 0.225 e. The zero-order valence-electron chi connectivity index (χ0n) is 12.2. The molecule has 3 unspecified atom stereocenters. The molecular weight excluding hydrogens is 244 g/mol. The van der Waals surface area contributed by atoms with Crippen molar-refractivity contribution in [1.29, 1.82) is 0 Å². The normalized spacial score (nSPS) is 25.1. The highest BCUT2D eigenvalue weighted by atomic mass is 16.5. The second-order valence-corrected chi connectivity index (χ2v) is 5.63. The van der Waals surface area contributed by atoms with Gasteiger partial charge in [0.05, 0.1) is 12.7 Å². The number of amides is 1. The predicted octanol–water partition coefficient (Wildman–Crippen LogP) is 0.607. The van der Waals surface area contributed by atoms with E-state index in [2.05, 4.69) is 0 Å². The van der Waals surface area contributed by atoms with E-state index >= 15 is 0 Å². The highest BCUT2D eigenvalue weighted by Gasteiger charge is 2.29. The van der Waals surface area contributed by atoms with Gasteiger partial charge in [-0.1, -0.05) is 12.8 Å². The summed E-state index contributed by atoms with van der Waals surface area (Å²) >= 11 is 0. The summed E-state index contributed by atoms with van der Waals surface area (Å²) < 4.78 is 4.88. The van der Waals surface area contributed by atoms with Crippen molar-refractivity contribution in [2.75, 3.05) is 33.9 Å². The molecule has 0 bridgehead atoms. The van der Waals surface area contributed by atoms with Gasteiger partial charge in [-0.3, -0.25) is 4.79 Å². The van der Waals surface area contributed by atoms with Crippen LogP contribution in [0.15, 0.2) is 0 Å². The number of ether oxygens (including phenoxy) is 1. The molecule has 1 amide bonds. The fraction of sp³-hybridized carbons (Fsp3) is 0.929. The van der Waals surface area contributed by atoms with Gasteiger partial charge in [-0.15, -0.1) is 0 Å². The Balaban J connectivity index is 2.42. The van der Waals surface area contributed by atoms with Crippen molar-refractivity contribution >= 4 is 5.91 Å². The molecule has 0 aromatic carbocycles. The van der Waals surface area contributed by atoms with Crippen LogP contribution in [0.1, 0.15) is 32.1 Å². The maximum absolute atomic E-state index is 12.3. The fourth-order valence-electron chi connectivity index (χ4n) is 2.98. The Kier molecular flexibility index (Phi) is 7.34. The molecule has 0 aliphatic heterocycles. The standard InChI is InChI=1S/C14H28N2O3/c1-16(9-13(17)10-19-2)14(18)12-5-3-4-11(8-12)6-7-15/h11-13,17H,3-10,15H2,1-2H3. The second-order valence-electron chi connectivity index (χ2n) is 5.63. The molecule has 0 radical (unpaired) electrons. The molecule has 1 saturated carbocycles. The molecular formula is C14H28N2O3. The predicted molar refractivity (Wildman–Crippen MR) is 74.6 cm³/mol. The van der Waals surface area contributed by atoms with Crippen LogP contribution in [-0.4, -0.2) is 55.9 Å². The largest absolute Gasteiger partial charge is 0.389 e. The van der Waals surface area contributed by atoms with Crippen molar-refractivity contribution in [2.24, 2.45) is 17.6 Å². The average Bonchev–Trinajstić information content (AvgIpc) is 2.38. The van der Waals surface area contributed by atoms with Gasteiger partial charge in [0.25, 0.3) is 0 Å². The highest BCUT2D eigenvalue weighted by molar-refractivity contribution is 5.78. The van der Waals surface area contributed by atoms with E-state index < -0.39 is 6.10 Å². The molecule has 1 fully saturated rings. The van der Waals surface area contributed by atoms with E-state index in [-0.39, 0.29) is 18.4 Å². The van der Waals surface area contributed by atoms with Crippen LogP contribution in [0.25, 0.3) is 0 Å². The summed E-state index contributed by atoms with van der Waals surface area (Å²) in [6.07, 6.45) is 4.61. The Bertz CT molecular complexity index is 271. The molecule has 112 valence electrons. The van der Waals surface area contributed by atoms with E-state index in [1.54, 1.807) is 19.1 Å². The first-order chi connectivity index (χ1) is 9.08. The molecule has 3 atom stereocenters. The Morgan fingerprint density at radius 3 is 2.89 bits per heavy atom. The van der Waals surface area contributed by atoms with E-state index in [1.165, 1.54) is 6.42 Å². The molecule has 0 heterocycles. The van der Waals surface area contributed by atoms with Gasteiger partial charge in [-0.2, -0.15) is 0 Å². The minimum atomic E-state index is -0.609. The molecule has 3 N–H and O–H groups in total. The smallest absolute Gasteiger partial charge is 0.225 e. The van der Waals surface area contributed by atoms with Crippen molar-refractivity contribution in [3.8, 4) is 0 Å². The van der Waals surface area contributed by atoms with Crippen LogP contribution >= 0.6 is 0 Å².